The number of aryl methyl sites for hydroxylation is 2. The molecule has 1 aliphatic carbocycles. The average Bonchev–Trinajstić information content (AvgIpc) is 3.23. The molecule has 0 radical (unpaired) electrons. The molecular formula is C24H31NO4S. The molecule has 1 saturated heterocycles. The Bertz CT molecular complexity index is 842. The lowest BCUT2D eigenvalue weighted by Gasteiger charge is -2.34. The van der Waals surface area contributed by atoms with Gasteiger partial charge in [0.15, 0.2) is 0 Å². The molecule has 162 valence electrons. The fourth-order valence-corrected chi connectivity index (χ4v) is 5.74. The quantitative estimate of drug-likeness (QED) is 0.676. The van der Waals surface area contributed by atoms with E-state index in [2.05, 4.69) is 47.5 Å². The fraction of sp³-hybridized carbons (Fsp3) is 0.500. The summed E-state index contributed by atoms with van der Waals surface area (Å²) in [7, 11) is 0. The van der Waals surface area contributed by atoms with Crippen molar-refractivity contribution in [2.45, 2.75) is 57.3 Å². The van der Waals surface area contributed by atoms with Crippen LogP contribution in [0.15, 0.2) is 35.7 Å². The number of hydrogen-bond donors (Lipinski definition) is 2. The number of benzene rings is 1. The Morgan fingerprint density at radius 1 is 1.03 bits per heavy atom. The topological polar surface area (TPSA) is 77.8 Å². The maximum Gasteiger partial charge on any atom is 0.414 e. The monoisotopic (exact) mass is 429 g/mol. The molecule has 5 nitrogen and oxygen atoms in total. The van der Waals surface area contributed by atoms with Crippen molar-refractivity contribution in [2.24, 2.45) is 0 Å². The molecule has 1 unspecified atom stereocenters. The Hall–Kier alpha value is -2.18. The van der Waals surface area contributed by atoms with Crippen LogP contribution in [0.1, 0.15) is 65.5 Å². The van der Waals surface area contributed by atoms with Crippen molar-refractivity contribution in [1.82, 2.24) is 4.90 Å². The van der Waals surface area contributed by atoms with Crippen LogP contribution in [-0.2, 0) is 16.0 Å². The van der Waals surface area contributed by atoms with E-state index in [1.165, 1.54) is 63.7 Å². The number of rotatable bonds is 4. The number of carboxylic acid groups (broad SMARTS) is 2. The minimum Gasteiger partial charge on any atom is -0.473 e. The second kappa shape index (κ2) is 10.7. The third kappa shape index (κ3) is 5.92. The predicted octanol–water partition coefficient (Wildman–Crippen LogP) is 4.90. The summed E-state index contributed by atoms with van der Waals surface area (Å²) in [5, 5.41) is 17.1. The number of nitrogens with zero attached hydrogens (tertiary/aromatic N) is 1. The number of thiophene rings is 1. The summed E-state index contributed by atoms with van der Waals surface area (Å²) in [5.74, 6) is -2.04. The summed E-state index contributed by atoms with van der Waals surface area (Å²) in [6.07, 6.45) is 8.15. The molecule has 0 amide bonds. The first-order valence-electron chi connectivity index (χ1n) is 10.8. The summed E-state index contributed by atoms with van der Waals surface area (Å²) >= 11 is 1.98. The van der Waals surface area contributed by atoms with Crippen molar-refractivity contribution < 1.29 is 19.8 Å². The molecule has 4 rings (SSSR count). The van der Waals surface area contributed by atoms with E-state index in [-0.39, 0.29) is 0 Å². The van der Waals surface area contributed by atoms with E-state index in [4.69, 9.17) is 19.8 Å². The van der Waals surface area contributed by atoms with Crippen LogP contribution in [0.3, 0.4) is 0 Å². The lowest BCUT2D eigenvalue weighted by atomic mass is 9.84. The highest BCUT2D eigenvalue weighted by Crippen LogP contribution is 2.37. The molecule has 0 saturated carbocycles. The van der Waals surface area contributed by atoms with E-state index >= 15 is 0 Å². The van der Waals surface area contributed by atoms with Gasteiger partial charge in [-0.15, -0.1) is 11.3 Å². The van der Waals surface area contributed by atoms with E-state index in [0.717, 1.165) is 11.8 Å². The molecule has 30 heavy (non-hydrogen) atoms. The van der Waals surface area contributed by atoms with E-state index in [1.807, 2.05) is 11.3 Å². The fourth-order valence-electron chi connectivity index (χ4n) is 4.73. The van der Waals surface area contributed by atoms with Gasteiger partial charge in [0.1, 0.15) is 0 Å². The van der Waals surface area contributed by atoms with Crippen LogP contribution >= 0.6 is 11.3 Å². The number of aliphatic carboxylic acids is 2. The first kappa shape index (κ1) is 22.5. The number of carboxylic acids is 2. The molecule has 2 aliphatic rings. The number of hydrogen-bond acceptors (Lipinski definition) is 4. The van der Waals surface area contributed by atoms with E-state index in [0.29, 0.717) is 0 Å². The van der Waals surface area contributed by atoms with Crippen LogP contribution in [0, 0.1) is 6.92 Å². The number of carbonyl (C=O) groups is 2. The van der Waals surface area contributed by atoms with Gasteiger partial charge in [-0.2, -0.15) is 0 Å². The third-order valence-electron chi connectivity index (χ3n) is 6.37. The largest absolute Gasteiger partial charge is 0.473 e. The highest BCUT2D eigenvalue weighted by molar-refractivity contribution is 7.10. The molecule has 1 aromatic heterocycles. The third-order valence-corrected chi connectivity index (χ3v) is 7.37. The molecule has 1 fully saturated rings. The van der Waals surface area contributed by atoms with Crippen LogP contribution < -0.4 is 0 Å². The average molecular weight is 430 g/mol. The molecule has 2 heterocycles. The number of likely N-dealkylation sites (tertiary alicyclic amines) is 1. The smallest absolute Gasteiger partial charge is 0.414 e. The molecule has 2 N–H and O–H groups in total. The molecular weight excluding hydrogens is 398 g/mol. The standard InChI is InChI=1S/C22H29NS.C2H2O4/c1-17-5-2-3-7-20(17)19-10-14-23(15-11-19)13-9-18-6-4-8-22-21(18)12-16-24-22;3-1(4)2(5)6/h2-3,5,7,12,16,18-19H,4,6,8-11,13-15H2,1H3;(H,3,4)(H,5,6). The van der Waals surface area contributed by atoms with Crippen LogP contribution in [0.25, 0.3) is 0 Å². The van der Waals surface area contributed by atoms with Gasteiger partial charge in [0, 0.05) is 4.88 Å². The Morgan fingerprint density at radius 2 is 1.73 bits per heavy atom. The van der Waals surface area contributed by atoms with E-state index in [1.54, 1.807) is 16.0 Å². The van der Waals surface area contributed by atoms with Gasteiger partial charge in [0.2, 0.25) is 0 Å². The summed E-state index contributed by atoms with van der Waals surface area (Å²) in [6.45, 7) is 6.12. The Kier molecular flexibility index (Phi) is 8.05. The number of fused-ring (bicyclic) bond motifs is 1. The van der Waals surface area contributed by atoms with Crippen LogP contribution in [0.4, 0.5) is 0 Å². The maximum atomic E-state index is 9.10. The van der Waals surface area contributed by atoms with Crippen molar-refractivity contribution >= 4 is 23.3 Å². The molecule has 6 heteroatoms. The zero-order valence-corrected chi connectivity index (χ0v) is 18.4. The van der Waals surface area contributed by atoms with Gasteiger partial charge >= 0.3 is 11.9 Å². The van der Waals surface area contributed by atoms with Gasteiger partial charge in [-0.3, -0.25) is 0 Å². The van der Waals surface area contributed by atoms with Gasteiger partial charge in [0.05, 0.1) is 0 Å². The molecule has 0 spiro atoms. The summed E-state index contributed by atoms with van der Waals surface area (Å²) in [4.78, 5) is 22.6. The zero-order chi connectivity index (χ0) is 21.5. The second-order valence-corrected chi connectivity index (χ2v) is 9.26. The Morgan fingerprint density at radius 3 is 2.40 bits per heavy atom. The molecule has 1 aliphatic heterocycles. The van der Waals surface area contributed by atoms with Crippen molar-refractivity contribution in [3.8, 4) is 0 Å². The van der Waals surface area contributed by atoms with E-state index in [9.17, 15) is 0 Å². The Labute approximate surface area is 182 Å². The van der Waals surface area contributed by atoms with Crippen molar-refractivity contribution in [3.63, 3.8) is 0 Å². The lowest BCUT2D eigenvalue weighted by molar-refractivity contribution is -0.159. The Balaban J connectivity index is 0.000000377. The van der Waals surface area contributed by atoms with Crippen molar-refractivity contribution in [1.29, 1.82) is 0 Å². The van der Waals surface area contributed by atoms with E-state index < -0.39 is 11.9 Å². The summed E-state index contributed by atoms with van der Waals surface area (Å²) in [5.41, 5.74) is 4.75. The highest BCUT2D eigenvalue weighted by Gasteiger charge is 2.24. The SMILES string of the molecule is Cc1ccccc1C1CCN(CCC2CCCc3sccc32)CC1.O=C(O)C(=O)O. The molecule has 1 aromatic carbocycles. The van der Waals surface area contributed by atoms with Gasteiger partial charge < -0.3 is 15.1 Å². The first-order chi connectivity index (χ1) is 14.5. The molecule has 1 atom stereocenters. The van der Waals surface area contributed by atoms with Gasteiger partial charge in [0.25, 0.3) is 0 Å². The minimum atomic E-state index is -1.82. The zero-order valence-electron chi connectivity index (χ0n) is 17.5. The second-order valence-electron chi connectivity index (χ2n) is 8.26. The number of piperidine rings is 1. The van der Waals surface area contributed by atoms with Crippen LogP contribution in [0.2, 0.25) is 0 Å². The van der Waals surface area contributed by atoms with Gasteiger partial charge in [-0.1, -0.05) is 24.3 Å². The summed E-state index contributed by atoms with van der Waals surface area (Å²) < 4.78 is 0. The molecule has 2 aromatic rings. The van der Waals surface area contributed by atoms with Gasteiger partial charge in [-0.05, 0) is 105 Å². The predicted molar refractivity (Wildman–Crippen MR) is 119 cm³/mol. The highest BCUT2D eigenvalue weighted by atomic mass is 32.1. The lowest BCUT2D eigenvalue weighted by Crippen LogP contribution is -2.34. The maximum absolute atomic E-state index is 9.10. The van der Waals surface area contributed by atoms with Crippen molar-refractivity contribution in [3.05, 3.63) is 57.3 Å². The first-order valence-corrected chi connectivity index (χ1v) is 11.6. The normalized spacial score (nSPS) is 19.4. The summed E-state index contributed by atoms with van der Waals surface area (Å²) in [6, 6.07) is 11.4. The van der Waals surface area contributed by atoms with Crippen LogP contribution in [0.5, 0.6) is 0 Å². The minimum absolute atomic E-state index is 0.778. The van der Waals surface area contributed by atoms with Crippen LogP contribution in [-0.4, -0.2) is 46.7 Å². The molecule has 0 bridgehead atoms. The van der Waals surface area contributed by atoms with Crippen molar-refractivity contribution in [2.75, 3.05) is 19.6 Å². The van der Waals surface area contributed by atoms with Gasteiger partial charge in [-0.25, -0.2) is 9.59 Å².